The molecule has 0 bridgehead atoms. The Labute approximate surface area is 117 Å². The predicted molar refractivity (Wildman–Crippen MR) is 66.2 cm³/mol. The van der Waals surface area contributed by atoms with Crippen LogP contribution in [0.25, 0.3) is 0 Å². The third kappa shape index (κ3) is 3.07. The van der Waals surface area contributed by atoms with Crippen LogP contribution in [-0.2, 0) is 6.18 Å². The average Bonchev–Trinajstić information content (AvgIpc) is 2.46. The van der Waals surface area contributed by atoms with Gasteiger partial charge in [0.1, 0.15) is 12.1 Å². The molecule has 2 aromatic rings. The van der Waals surface area contributed by atoms with Crippen molar-refractivity contribution in [2.45, 2.75) is 6.18 Å². The van der Waals surface area contributed by atoms with E-state index in [0.717, 1.165) is 12.3 Å². The average molecular weight is 289 g/mol. The van der Waals surface area contributed by atoms with Crippen LogP contribution in [0, 0.1) is 22.7 Å². The lowest BCUT2D eigenvalue weighted by atomic mass is 10.1. The zero-order valence-electron chi connectivity index (χ0n) is 10.3. The molecular formula is C13H6F3N5. The molecule has 0 saturated carbocycles. The van der Waals surface area contributed by atoms with Gasteiger partial charge in [-0.25, -0.2) is 9.97 Å². The first-order valence-electron chi connectivity index (χ1n) is 5.56. The lowest BCUT2D eigenvalue weighted by molar-refractivity contribution is -0.136. The number of halogens is 3. The molecule has 1 heterocycles. The van der Waals surface area contributed by atoms with Gasteiger partial charge in [0.25, 0.3) is 0 Å². The molecule has 0 aliphatic rings. The molecule has 5 nitrogen and oxygen atoms in total. The first-order chi connectivity index (χ1) is 9.95. The Hall–Kier alpha value is -3.13. The standard InChI is InChI=1S/C13H6F3N5/c14-13(15,16)9-3-1-2-4-10(9)21-12-11(6-18)19-7-8(5-17)20-12/h1-4,7H,(H,20,21). The van der Waals surface area contributed by atoms with Gasteiger partial charge in [0.2, 0.25) is 0 Å². The van der Waals surface area contributed by atoms with E-state index in [1.165, 1.54) is 18.2 Å². The highest BCUT2D eigenvalue weighted by atomic mass is 19.4. The number of hydrogen-bond acceptors (Lipinski definition) is 5. The molecular weight excluding hydrogens is 283 g/mol. The van der Waals surface area contributed by atoms with Gasteiger partial charge in [-0.1, -0.05) is 12.1 Å². The Kier molecular flexibility index (Phi) is 3.72. The third-order valence-corrected chi connectivity index (χ3v) is 2.48. The Morgan fingerprint density at radius 2 is 1.81 bits per heavy atom. The number of nitrogens with one attached hydrogen (secondary N) is 1. The molecule has 0 aliphatic heterocycles. The van der Waals surface area contributed by atoms with Crippen molar-refractivity contribution >= 4 is 11.5 Å². The van der Waals surface area contributed by atoms with Crippen molar-refractivity contribution in [2.75, 3.05) is 5.32 Å². The molecule has 0 saturated heterocycles. The number of para-hydroxylation sites is 1. The summed E-state index contributed by atoms with van der Waals surface area (Å²) in [5, 5.41) is 20.0. The quantitative estimate of drug-likeness (QED) is 0.918. The van der Waals surface area contributed by atoms with Crippen LogP contribution in [0.5, 0.6) is 0 Å². The number of benzene rings is 1. The highest BCUT2D eigenvalue weighted by Crippen LogP contribution is 2.35. The Morgan fingerprint density at radius 1 is 1.10 bits per heavy atom. The van der Waals surface area contributed by atoms with E-state index in [2.05, 4.69) is 15.3 Å². The molecule has 8 heteroatoms. The molecule has 0 amide bonds. The number of rotatable bonds is 2. The van der Waals surface area contributed by atoms with Crippen LogP contribution in [0.1, 0.15) is 17.0 Å². The summed E-state index contributed by atoms with van der Waals surface area (Å²) >= 11 is 0. The Balaban J connectivity index is 2.49. The van der Waals surface area contributed by atoms with Crippen LogP contribution in [-0.4, -0.2) is 9.97 Å². The molecule has 0 radical (unpaired) electrons. The number of hydrogen-bond donors (Lipinski definition) is 1. The molecule has 0 spiro atoms. The fourth-order valence-electron chi connectivity index (χ4n) is 1.58. The van der Waals surface area contributed by atoms with Crippen molar-refractivity contribution in [3.63, 3.8) is 0 Å². The number of aromatic nitrogens is 2. The van der Waals surface area contributed by atoms with E-state index < -0.39 is 11.7 Å². The van der Waals surface area contributed by atoms with E-state index in [0.29, 0.717) is 0 Å². The van der Waals surface area contributed by atoms with Gasteiger partial charge in [-0.2, -0.15) is 23.7 Å². The fraction of sp³-hybridized carbons (Fsp3) is 0.0769. The maximum Gasteiger partial charge on any atom is 0.418 e. The second-order valence-corrected chi connectivity index (χ2v) is 3.84. The molecule has 1 N–H and O–H groups in total. The van der Waals surface area contributed by atoms with Gasteiger partial charge in [0, 0.05) is 0 Å². The summed E-state index contributed by atoms with van der Waals surface area (Å²) < 4.78 is 38.7. The minimum atomic E-state index is -4.56. The number of nitriles is 2. The molecule has 0 atom stereocenters. The topological polar surface area (TPSA) is 85.4 Å². The molecule has 104 valence electrons. The van der Waals surface area contributed by atoms with Crippen molar-refractivity contribution in [3.8, 4) is 12.1 Å². The van der Waals surface area contributed by atoms with Crippen LogP contribution >= 0.6 is 0 Å². The van der Waals surface area contributed by atoms with Gasteiger partial charge >= 0.3 is 6.18 Å². The van der Waals surface area contributed by atoms with Crippen LogP contribution < -0.4 is 5.32 Å². The van der Waals surface area contributed by atoms with E-state index >= 15 is 0 Å². The third-order valence-electron chi connectivity index (χ3n) is 2.48. The van der Waals surface area contributed by atoms with Crippen molar-refractivity contribution in [2.24, 2.45) is 0 Å². The summed E-state index contributed by atoms with van der Waals surface area (Å²) in [4.78, 5) is 7.42. The monoisotopic (exact) mass is 289 g/mol. The fourth-order valence-corrected chi connectivity index (χ4v) is 1.58. The van der Waals surface area contributed by atoms with Crippen molar-refractivity contribution in [1.82, 2.24) is 9.97 Å². The minimum Gasteiger partial charge on any atom is -0.337 e. The largest absolute Gasteiger partial charge is 0.418 e. The van der Waals surface area contributed by atoms with Gasteiger partial charge in [-0.05, 0) is 12.1 Å². The van der Waals surface area contributed by atoms with Gasteiger partial charge in [0.05, 0.1) is 17.4 Å². The van der Waals surface area contributed by atoms with Crippen LogP contribution in [0.4, 0.5) is 24.7 Å². The Morgan fingerprint density at radius 3 is 2.43 bits per heavy atom. The maximum atomic E-state index is 12.9. The van der Waals surface area contributed by atoms with Crippen molar-refractivity contribution in [1.29, 1.82) is 10.5 Å². The first-order valence-corrected chi connectivity index (χ1v) is 5.56. The predicted octanol–water partition coefficient (Wildman–Crippen LogP) is 2.98. The molecule has 1 aromatic heterocycles. The molecule has 0 fully saturated rings. The molecule has 0 aliphatic carbocycles. The molecule has 21 heavy (non-hydrogen) atoms. The summed E-state index contributed by atoms with van der Waals surface area (Å²) in [5.41, 5.74) is -1.49. The van der Waals surface area contributed by atoms with E-state index in [1.807, 2.05) is 0 Å². The van der Waals surface area contributed by atoms with E-state index in [4.69, 9.17) is 10.5 Å². The van der Waals surface area contributed by atoms with E-state index in [1.54, 1.807) is 12.1 Å². The number of nitrogens with zero attached hydrogens (tertiary/aromatic N) is 4. The number of anilines is 2. The summed E-state index contributed by atoms with van der Waals surface area (Å²) in [6.45, 7) is 0. The highest BCUT2D eigenvalue weighted by Gasteiger charge is 2.33. The highest BCUT2D eigenvalue weighted by molar-refractivity contribution is 5.64. The van der Waals surface area contributed by atoms with Gasteiger partial charge in [0.15, 0.2) is 17.2 Å². The van der Waals surface area contributed by atoms with Gasteiger partial charge < -0.3 is 5.32 Å². The zero-order valence-corrected chi connectivity index (χ0v) is 10.3. The van der Waals surface area contributed by atoms with E-state index in [9.17, 15) is 13.2 Å². The molecule has 2 rings (SSSR count). The van der Waals surface area contributed by atoms with Gasteiger partial charge in [-0.15, -0.1) is 0 Å². The second kappa shape index (κ2) is 5.47. The molecule has 0 unspecified atom stereocenters. The lowest BCUT2D eigenvalue weighted by Gasteiger charge is -2.14. The van der Waals surface area contributed by atoms with Gasteiger partial charge in [-0.3, -0.25) is 0 Å². The zero-order chi connectivity index (χ0) is 15.5. The summed E-state index contributed by atoms with van der Waals surface area (Å²) in [6.07, 6.45) is -3.49. The molecule has 1 aromatic carbocycles. The smallest absolute Gasteiger partial charge is 0.337 e. The first kappa shape index (κ1) is 14.3. The summed E-state index contributed by atoms with van der Waals surface area (Å²) in [5.74, 6) is -0.201. The maximum absolute atomic E-state index is 12.9. The minimum absolute atomic E-state index is 0.110. The van der Waals surface area contributed by atoms with Crippen LogP contribution in [0.3, 0.4) is 0 Å². The summed E-state index contributed by atoms with van der Waals surface area (Å²) in [7, 11) is 0. The second-order valence-electron chi connectivity index (χ2n) is 3.84. The van der Waals surface area contributed by atoms with Crippen molar-refractivity contribution < 1.29 is 13.2 Å². The van der Waals surface area contributed by atoms with Crippen LogP contribution in [0.15, 0.2) is 30.5 Å². The normalized spacial score (nSPS) is 10.5. The number of alkyl halides is 3. The van der Waals surface area contributed by atoms with Crippen LogP contribution in [0.2, 0.25) is 0 Å². The SMILES string of the molecule is N#Cc1cnc(C#N)c(Nc2ccccc2C(F)(F)F)n1. The van der Waals surface area contributed by atoms with Crippen molar-refractivity contribution in [3.05, 3.63) is 47.4 Å². The van der Waals surface area contributed by atoms with E-state index in [-0.39, 0.29) is 22.9 Å². The summed E-state index contributed by atoms with van der Waals surface area (Å²) in [6, 6.07) is 8.16. The lowest BCUT2D eigenvalue weighted by Crippen LogP contribution is -2.10. The Bertz CT molecular complexity index is 756.